The van der Waals surface area contributed by atoms with Gasteiger partial charge in [0.25, 0.3) is 0 Å². The molecule has 1 heterocycles. The van der Waals surface area contributed by atoms with Crippen LogP contribution in [0.3, 0.4) is 0 Å². The number of thiazole rings is 1. The molecule has 0 aliphatic heterocycles. The van der Waals surface area contributed by atoms with Crippen LogP contribution >= 0.6 is 22.9 Å². The molecule has 31 heavy (non-hydrogen) atoms. The van der Waals surface area contributed by atoms with Crippen molar-refractivity contribution in [3.8, 4) is 11.1 Å². The average Bonchev–Trinajstić information content (AvgIpc) is 3.09. The maximum atomic E-state index is 12.3. The molecule has 162 valence electrons. The number of fused-ring (bicyclic) bond motifs is 1. The summed E-state index contributed by atoms with van der Waals surface area (Å²) < 4.78 is 6.88. The number of aliphatic imine (C=N–C) groups is 1. The monoisotopic (exact) mass is 456 g/mol. The zero-order chi connectivity index (χ0) is 22.9. The predicted octanol–water partition coefficient (Wildman–Crippen LogP) is 6.47. The molecule has 2 aromatic carbocycles. The van der Waals surface area contributed by atoms with E-state index in [0.29, 0.717) is 16.3 Å². The number of halogens is 1. The first kappa shape index (κ1) is 23.1. The van der Waals surface area contributed by atoms with Crippen LogP contribution in [-0.4, -0.2) is 34.4 Å². The Hall–Kier alpha value is -2.54. The number of rotatable bonds is 6. The number of ether oxygens (including phenoxy) is 1. The molecule has 0 amide bonds. The highest BCUT2D eigenvalue weighted by molar-refractivity contribution is 7.21. The van der Waals surface area contributed by atoms with Gasteiger partial charge in [-0.1, -0.05) is 30.3 Å². The molecule has 3 rings (SSSR count). The van der Waals surface area contributed by atoms with Gasteiger partial charge in [-0.15, -0.1) is 11.3 Å². The van der Waals surface area contributed by atoms with Crippen LogP contribution < -0.4 is 0 Å². The highest BCUT2D eigenvalue weighted by Gasteiger charge is 2.32. The first-order chi connectivity index (χ1) is 14.6. The fourth-order valence-corrected chi connectivity index (χ4v) is 4.70. The van der Waals surface area contributed by atoms with Crippen LogP contribution in [0.1, 0.15) is 43.0 Å². The van der Waals surface area contributed by atoms with Crippen molar-refractivity contribution in [2.24, 2.45) is 4.99 Å². The lowest BCUT2D eigenvalue weighted by molar-refractivity contribution is -0.160. The molecular formula is C24H25ClN2O3S. The lowest BCUT2D eigenvalue weighted by atomic mass is 9.91. The minimum atomic E-state index is -1.14. The SMILES string of the molecule is C=CC(=NC)c1nc2cc(C)c(C(OC(C)(C)C)C(=O)O)c(-c3ccc(Cl)cc3)c2s1. The van der Waals surface area contributed by atoms with Crippen molar-refractivity contribution in [2.45, 2.75) is 39.4 Å². The van der Waals surface area contributed by atoms with E-state index in [1.165, 1.54) is 11.3 Å². The van der Waals surface area contributed by atoms with Gasteiger partial charge in [-0.25, -0.2) is 9.78 Å². The van der Waals surface area contributed by atoms with Crippen molar-refractivity contribution in [1.82, 2.24) is 4.98 Å². The van der Waals surface area contributed by atoms with E-state index in [4.69, 9.17) is 21.3 Å². The van der Waals surface area contributed by atoms with Crippen molar-refractivity contribution in [2.75, 3.05) is 7.05 Å². The summed E-state index contributed by atoms with van der Waals surface area (Å²) >= 11 is 7.57. The molecular weight excluding hydrogens is 432 g/mol. The summed E-state index contributed by atoms with van der Waals surface area (Å²) in [6.07, 6.45) is 0.523. The number of nitrogens with zero attached hydrogens (tertiary/aromatic N) is 2. The van der Waals surface area contributed by atoms with Gasteiger partial charge in [-0.2, -0.15) is 0 Å². The third-order valence-electron chi connectivity index (χ3n) is 4.67. The Labute approximate surface area is 191 Å². The summed E-state index contributed by atoms with van der Waals surface area (Å²) in [7, 11) is 1.69. The van der Waals surface area contributed by atoms with Gasteiger partial charge >= 0.3 is 5.97 Å². The fourth-order valence-electron chi connectivity index (χ4n) is 3.42. The standard InChI is InChI=1S/C24H25ClN2O3S/c1-7-16(26-6)22-27-17-12-13(2)18(20(23(28)29)30-24(3,4)5)19(21(17)31-22)14-8-10-15(25)11-9-14/h7-12,20H,1H2,2-6H3,(H,28,29). The molecule has 3 aromatic rings. The predicted molar refractivity (Wildman–Crippen MR) is 129 cm³/mol. The molecule has 1 atom stereocenters. The van der Waals surface area contributed by atoms with Crippen molar-refractivity contribution in [3.63, 3.8) is 0 Å². The smallest absolute Gasteiger partial charge is 0.337 e. The number of aliphatic carboxylic acids is 1. The van der Waals surface area contributed by atoms with Crippen molar-refractivity contribution < 1.29 is 14.6 Å². The zero-order valence-corrected chi connectivity index (χ0v) is 19.8. The summed E-state index contributed by atoms with van der Waals surface area (Å²) in [5.74, 6) is -1.04. The quantitative estimate of drug-likeness (QED) is 0.431. The van der Waals surface area contributed by atoms with Gasteiger partial charge in [0.2, 0.25) is 0 Å². The number of aromatic nitrogens is 1. The fraction of sp³-hybridized carbons (Fsp3) is 0.292. The molecule has 1 unspecified atom stereocenters. The molecule has 0 saturated heterocycles. The molecule has 1 N–H and O–H groups in total. The second-order valence-corrected chi connectivity index (χ2v) is 9.55. The van der Waals surface area contributed by atoms with Gasteiger partial charge in [0.05, 0.1) is 21.5 Å². The number of carboxylic acids is 1. The molecule has 0 saturated carbocycles. The summed E-state index contributed by atoms with van der Waals surface area (Å²) in [4.78, 5) is 21.3. The largest absolute Gasteiger partial charge is 0.479 e. The van der Waals surface area contributed by atoms with Gasteiger partial charge in [-0.05, 0) is 63.1 Å². The van der Waals surface area contributed by atoms with E-state index < -0.39 is 17.7 Å². The normalized spacial score (nSPS) is 13.4. The number of hydrogen-bond acceptors (Lipinski definition) is 5. The third-order valence-corrected chi connectivity index (χ3v) is 6.04. The Kier molecular flexibility index (Phi) is 6.65. The molecule has 0 aliphatic carbocycles. The summed E-state index contributed by atoms with van der Waals surface area (Å²) in [6.45, 7) is 11.2. The van der Waals surface area contributed by atoms with Gasteiger partial charge in [0, 0.05) is 23.2 Å². The molecule has 0 bridgehead atoms. The maximum Gasteiger partial charge on any atom is 0.337 e. The average molecular weight is 457 g/mol. The Morgan fingerprint density at radius 1 is 1.32 bits per heavy atom. The van der Waals surface area contributed by atoms with E-state index in [2.05, 4.69) is 11.6 Å². The minimum absolute atomic E-state index is 0.604. The van der Waals surface area contributed by atoms with E-state index in [9.17, 15) is 9.90 Å². The number of hydrogen-bond donors (Lipinski definition) is 1. The van der Waals surface area contributed by atoms with E-state index in [1.807, 2.05) is 45.9 Å². The van der Waals surface area contributed by atoms with Crippen LogP contribution in [0.2, 0.25) is 5.02 Å². The van der Waals surface area contributed by atoms with Crippen LogP contribution in [0.15, 0.2) is 48.0 Å². The number of allylic oxidation sites excluding steroid dienone is 1. The van der Waals surface area contributed by atoms with Crippen molar-refractivity contribution in [3.05, 3.63) is 64.1 Å². The van der Waals surface area contributed by atoms with E-state index in [1.54, 1.807) is 25.3 Å². The number of carbonyl (C=O) groups is 1. The second kappa shape index (κ2) is 8.91. The van der Waals surface area contributed by atoms with Gasteiger partial charge in [-0.3, -0.25) is 4.99 Å². The Bertz CT molecular complexity index is 1170. The van der Waals surface area contributed by atoms with Gasteiger partial charge < -0.3 is 9.84 Å². The molecule has 5 nitrogen and oxygen atoms in total. The lowest BCUT2D eigenvalue weighted by Gasteiger charge is -2.28. The maximum absolute atomic E-state index is 12.3. The number of carboxylic acid groups (broad SMARTS) is 1. The molecule has 1 aromatic heterocycles. The van der Waals surface area contributed by atoms with Crippen LogP contribution in [0.25, 0.3) is 21.3 Å². The van der Waals surface area contributed by atoms with Crippen LogP contribution in [0.5, 0.6) is 0 Å². The topological polar surface area (TPSA) is 71.8 Å². The molecule has 7 heteroatoms. The first-order valence-electron chi connectivity index (χ1n) is 9.76. The Morgan fingerprint density at radius 3 is 2.48 bits per heavy atom. The third kappa shape index (κ3) is 4.87. The lowest BCUT2D eigenvalue weighted by Crippen LogP contribution is -2.28. The second-order valence-electron chi connectivity index (χ2n) is 8.12. The van der Waals surface area contributed by atoms with E-state index >= 15 is 0 Å². The van der Waals surface area contributed by atoms with Gasteiger partial charge in [0.1, 0.15) is 5.01 Å². The Balaban J connectivity index is 2.41. The van der Waals surface area contributed by atoms with Crippen molar-refractivity contribution in [1.29, 1.82) is 0 Å². The van der Waals surface area contributed by atoms with Crippen LogP contribution in [0, 0.1) is 6.92 Å². The first-order valence-corrected chi connectivity index (χ1v) is 11.0. The van der Waals surface area contributed by atoms with Gasteiger partial charge in [0.15, 0.2) is 6.10 Å². The number of benzene rings is 2. The summed E-state index contributed by atoms with van der Waals surface area (Å²) in [6, 6.07) is 9.26. The molecule has 0 aliphatic rings. The molecule has 0 fully saturated rings. The summed E-state index contributed by atoms with van der Waals surface area (Å²) in [5.41, 5.74) is 3.84. The van der Waals surface area contributed by atoms with Crippen LogP contribution in [0.4, 0.5) is 0 Å². The Morgan fingerprint density at radius 2 is 1.97 bits per heavy atom. The minimum Gasteiger partial charge on any atom is -0.479 e. The van der Waals surface area contributed by atoms with E-state index in [0.717, 1.165) is 31.9 Å². The molecule has 0 radical (unpaired) electrons. The van der Waals surface area contributed by atoms with E-state index in [-0.39, 0.29) is 0 Å². The zero-order valence-electron chi connectivity index (χ0n) is 18.2. The highest BCUT2D eigenvalue weighted by atomic mass is 35.5. The van der Waals surface area contributed by atoms with Crippen LogP contribution in [-0.2, 0) is 9.53 Å². The molecule has 0 spiro atoms. The number of aryl methyl sites for hydroxylation is 1. The highest BCUT2D eigenvalue weighted by Crippen LogP contribution is 2.42. The van der Waals surface area contributed by atoms with Crippen molar-refractivity contribution >= 4 is 44.8 Å². The summed E-state index contributed by atoms with van der Waals surface area (Å²) in [5, 5.41) is 11.4.